The predicted molar refractivity (Wildman–Crippen MR) is 85.8 cm³/mol. The van der Waals surface area contributed by atoms with E-state index in [1.807, 2.05) is 0 Å². The summed E-state index contributed by atoms with van der Waals surface area (Å²) in [6.45, 7) is 5.02. The van der Waals surface area contributed by atoms with Crippen molar-refractivity contribution in [3.63, 3.8) is 0 Å². The first kappa shape index (κ1) is 12.4. The molecule has 1 aliphatic rings. The van der Waals surface area contributed by atoms with E-state index in [1.165, 1.54) is 22.7 Å². The second-order valence-corrected chi connectivity index (χ2v) is 11.1. The molecule has 0 saturated heterocycles. The van der Waals surface area contributed by atoms with E-state index >= 15 is 0 Å². The van der Waals surface area contributed by atoms with Gasteiger partial charge in [-0.05, 0) is 22.7 Å². The van der Waals surface area contributed by atoms with Crippen molar-refractivity contribution in [1.29, 1.82) is 0 Å². The van der Waals surface area contributed by atoms with Crippen LogP contribution in [-0.4, -0.2) is 8.07 Å². The molecule has 0 bridgehead atoms. The van der Waals surface area contributed by atoms with Crippen molar-refractivity contribution in [2.45, 2.75) is 24.7 Å². The van der Waals surface area contributed by atoms with Crippen LogP contribution in [0, 0.1) is 0 Å². The van der Waals surface area contributed by atoms with E-state index in [0.717, 1.165) is 0 Å². The van der Waals surface area contributed by atoms with Gasteiger partial charge in [-0.1, -0.05) is 85.4 Å². The molecule has 1 heteroatoms. The summed E-state index contributed by atoms with van der Waals surface area (Å²) in [5.74, 6) is 0. The van der Waals surface area contributed by atoms with Crippen molar-refractivity contribution >= 4 is 14.1 Å². The molecule has 0 nitrogen and oxygen atoms in total. The third kappa shape index (κ3) is 2.43. The number of rotatable bonds is 3. The van der Waals surface area contributed by atoms with E-state index in [4.69, 9.17) is 0 Å². The molecule has 1 atom stereocenters. The Labute approximate surface area is 116 Å². The molecule has 0 N–H and O–H groups in total. The van der Waals surface area contributed by atoms with Gasteiger partial charge < -0.3 is 0 Å². The van der Waals surface area contributed by atoms with Crippen LogP contribution in [0.2, 0.25) is 13.1 Å². The van der Waals surface area contributed by atoms with E-state index in [0.29, 0.717) is 5.54 Å². The Morgan fingerprint density at radius 3 is 2.37 bits per heavy atom. The Balaban J connectivity index is 1.88. The van der Waals surface area contributed by atoms with E-state index in [2.05, 4.69) is 79.8 Å². The van der Waals surface area contributed by atoms with Crippen LogP contribution in [-0.2, 0) is 6.04 Å². The van der Waals surface area contributed by atoms with Gasteiger partial charge in [0.15, 0.2) is 0 Å². The number of hydrogen-bond donors (Lipinski definition) is 0. The van der Waals surface area contributed by atoms with Crippen LogP contribution < -0.4 is 0 Å². The Morgan fingerprint density at radius 1 is 0.895 bits per heavy atom. The van der Waals surface area contributed by atoms with Gasteiger partial charge in [-0.25, -0.2) is 0 Å². The minimum atomic E-state index is -1.35. The van der Waals surface area contributed by atoms with Crippen LogP contribution in [0.3, 0.4) is 0 Å². The summed E-state index contributed by atoms with van der Waals surface area (Å²) in [6.07, 6.45) is 4.74. The third-order valence-electron chi connectivity index (χ3n) is 4.14. The molecule has 0 spiro atoms. The Morgan fingerprint density at radius 2 is 1.58 bits per heavy atom. The molecule has 2 aromatic carbocycles. The lowest BCUT2D eigenvalue weighted by molar-refractivity contribution is 1.11. The second kappa shape index (κ2) is 4.82. The van der Waals surface area contributed by atoms with Gasteiger partial charge in [0.25, 0.3) is 0 Å². The molecule has 0 heterocycles. The molecule has 19 heavy (non-hydrogen) atoms. The summed E-state index contributed by atoms with van der Waals surface area (Å²) in [6, 6.07) is 21.0. The van der Waals surface area contributed by atoms with Gasteiger partial charge >= 0.3 is 0 Å². The lowest BCUT2D eigenvalue weighted by Crippen LogP contribution is -2.36. The molecule has 0 radical (unpaired) electrons. The van der Waals surface area contributed by atoms with E-state index in [1.54, 1.807) is 0 Å². The monoisotopic (exact) mass is 264 g/mol. The van der Waals surface area contributed by atoms with Crippen molar-refractivity contribution in [2.75, 3.05) is 0 Å². The number of benzene rings is 2. The smallest absolute Gasteiger partial charge is 0.0639 e. The van der Waals surface area contributed by atoms with Gasteiger partial charge in [0.1, 0.15) is 0 Å². The summed E-state index contributed by atoms with van der Waals surface area (Å²) in [5, 5.41) is 0. The van der Waals surface area contributed by atoms with Gasteiger partial charge in [-0.15, -0.1) is 0 Å². The quantitative estimate of drug-likeness (QED) is 0.697. The maximum Gasteiger partial charge on any atom is 0.0639 e. The lowest BCUT2D eigenvalue weighted by atomic mass is 10.1. The highest BCUT2D eigenvalue weighted by atomic mass is 28.3. The van der Waals surface area contributed by atoms with Crippen molar-refractivity contribution in [2.24, 2.45) is 0 Å². The van der Waals surface area contributed by atoms with Crippen LogP contribution in [0.5, 0.6) is 0 Å². The van der Waals surface area contributed by atoms with Gasteiger partial charge in [0, 0.05) is 0 Å². The fourth-order valence-electron chi connectivity index (χ4n) is 3.16. The first-order valence-corrected chi connectivity index (χ1v) is 10.3. The average Bonchev–Trinajstić information content (AvgIpc) is 2.84. The normalized spacial score (nSPS) is 17.5. The van der Waals surface area contributed by atoms with Crippen LogP contribution >= 0.6 is 0 Å². The highest BCUT2D eigenvalue weighted by molar-refractivity contribution is 6.78. The highest BCUT2D eigenvalue weighted by Gasteiger charge is 2.34. The minimum absolute atomic E-state index is 0.656. The zero-order valence-corrected chi connectivity index (χ0v) is 12.6. The molecule has 1 unspecified atom stereocenters. The van der Waals surface area contributed by atoms with E-state index in [9.17, 15) is 0 Å². The predicted octanol–water partition coefficient (Wildman–Crippen LogP) is 4.83. The fraction of sp³-hybridized carbons (Fsp3) is 0.222. The largest absolute Gasteiger partial charge is 0.0791 e. The third-order valence-corrected chi connectivity index (χ3v) is 7.65. The number of allylic oxidation sites excluding steroid dienone is 1. The van der Waals surface area contributed by atoms with Gasteiger partial charge in [0.2, 0.25) is 0 Å². The highest BCUT2D eigenvalue weighted by Crippen LogP contribution is 2.38. The zero-order valence-electron chi connectivity index (χ0n) is 11.6. The van der Waals surface area contributed by atoms with Gasteiger partial charge in [-0.3, -0.25) is 0 Å². The zero-order chi connectivity index (χ0) is 13.3. The van der Waals surface area contributed by atoms with Gasteiger partial charge in [-0.2, -0.15) is 0 Å². The minimum Gasteiger partial charge on any atom is -0.0791 e. The maximum absolute atomic E-state index is 2.51. The molecular formula is C18H20Si. The number of hydrogen-bond acceptors (Lipinski definition) is 0. The van der Waals surface area contributed by atoms with E-state index < -0.39 is 8.07 Å². The first-order chi connectivity index (χ1) is 9.17. The molecule has 0 amide bonds. The Kier molecular flexibility index (Phi) is 3.15. The summed E-state index contributed by atoms with van der Waals surface area (Å²) in [5.41, 5.74) is 5.09. The molecule has 0 aliphatic heterocycles. The summed E-state index contributed by atoms with van der Waals surface area (Å²) in [4.78, 5) is 0. The summed E-state index contributed by atoms with van der Waals surface area (Å²) < 4.78 is 0. The Bertz CT molecular complexity index is 596. The van der Waals surface area contributed by atoms with Crippen molar-refractivity contribution in [3.8, 4) is 0 Å². The van der Waals surface area contributed by atoms with Gasteiger partial charge in [0.05, 0.1) is 8.07 Å². The van der Waals surface area contributed by atoms with E-state index in [-0.39, 0.29) is 0 Å². The standard InChI is InChI=1S/C18H20Si/c1-19(2,14-15-8-4-3-5-9-15)18-13-12-16-10-6-7-11-17(16)18/h3-13,18H,14H2,1-2H3. The molecule has 3 rings (SSSR count). The van der Waals surface area contributed by atoms with Crippen molar-refractivity contribution in [3.05, 3.63) is 77.4 Å². The van der Waals surface area contributed by atoms with Crippen LogP contribution in [0.4, 0.5) is 0 Å². The molecular weight excluding hydrogens is 244 g/mol. The SMILES string of the molecule is C[Si](C)(Cc1ccccc1)C1C=Cc2ccccc21. The molecule has 0 aromatic heterocycles. The molecule has 96 valence electrons. The second-order valence-electron chi connectivity index (χ2n) is 6.12. The number of fused-ring (bicyclic) bond motifs is 1. The van der Waals surface area contributed by atoms with Crippen LogP contribution in [0.1, 0.15) is 22.2 Å². The van der Waals surface area contributed by atoms with Crippen molar-refractivity contribution in [1.82, 2.24) is 0 Å². The molecule has 0 saturated carbocycles. The average molecular weight is 264 g/mol. The molecule has 1 aliphatic carbocycles. The lowest BCUT2D eigenvalue weighted by Gasteiger charge is -2.29. The first-order valence-electron chi connectivity index (χ1n) is 6.98. The molecule has 2 aromatic rings. The van der Waals surface area contributed by atoms with Crippen LogP contribution in [0.15, 0.2) is 60.7 Å². The summed E-state index contributed by atoms with van der Waals surface area (Å²) in [7, 11) is -1.35. The fourth-order valence-corrected chi connectivity index (χ4v) is 6.39. The summed E-state index contributed by atoms with van der Waals surface area (Å²) >= 11 is 0. The van der Waals surface area contributed by atoms with Crippen LogP contribution in [0.25, 0.3) is 6.08 Å². The maximum atomic E-state index is 2.51. The molecule has 0 fully saturated rings. The topological polar surface area (TPSA) is 0 Å². The Hall–Kier alpha value is -1.60. The van der Waals surface area contributed by atoms with Crippen molar-refractivity contribution < 1.29 is 0 Å².